The minimum atomic E-state index is -0.124. The SMILES string of the molecule is Cc1ccc(NC(=O)CSc2nccc(N3CCCC3)n2)c(Cl)c1. The van der Waals surface area contributed by atoms with Crippen molar-refractivity contribution in [2.75, 3.05) is 29.1 Å². The maximum Gasteiger partial charge on any atom is 0.234 e. The number of hydrogen-bond acceptors (Lipinski definition) is 5. The average Bonchev–Trinajstić information content (AvgIpc) is 3.10. The van der Waals surface area contributed by atoms with Gasteiger partial charge in [0.2, 0.25) is 5.91 Å². The molecule has 1 aliphatic rings. The molecular formula is C17H19ClN4OS. The fourth-order valence-corrected chi connectivity index (χ4v) is 3.47. The number of rotatable bonds is 5. The van der Waals surface area contributed by atoms with E-state index in [2.05, 4.69) is 20.2 Å². The largest absolute Gasteiger partial charge is 0.356 e. The molecular weight excluding hydrogens is 344 g/mol. The number of nitrogens with one attached hydrogen (secondary N) is 1. The van der Waals surface area contributed by atoms with E-state index in [9.17, 15) is 4.79 Å². The zero-order valence-corrected chi connectivity index (χ0v) is 15.0. The van der Waals surface area contributed by atoms with Crippen LogP contribution in [0.25, 0.3) is 0 Å². The van der Waals surface area contributed by atoms with Crippen LogP contribution in [0.3, 0.4) is 0 Å². The van der Waals surface area contributed by atoms with Gasteiger partial charge < -0.3 is 10.2 Å². The molecule has 0 spiro atoms. The predicted octanol–water partition coefficient (Wildman–Crippen LogP) is 3.77. The molecule has 1 amide bonds. The lowest BCUT2D eigenvalue weighted by Crippen LogP contribution is -2.19. The van der Waals surface area contributed by atoms with E-state index in [1.54, 1.807) is 6.20 Å². The van der Waals surface area contributed by atoms with Gasteiger partial charge in [-0.1, -0.05) is 29.4 Å². The van der Waals surface area contributed by atoms with E-state index in [0.29, 0.717) is 15.9 Å². The molecule has 0 radical (unpaired) electrons. The van der Waals surface area contributed by atoms with Crippen molar-refractivity contribution in [3.05, 3.63) is 41.0 Å². The standard InChI is InChI=1S/C17H19ClN4OS/c1-12-4-5-14(13(18)10-12)20-16(23)11-24-17-19-7-6-15(21-17)22-8-2-3-9-22/h4-7,10H,2-3,8-9,11H2,1H3,(H,20,23). The molecule has 5 nitrogen and oxygen atoms in total. The quantitative estimate of drug-likeness (QED) is 0.648. The topological polar surface area (TPSA) is 58.1 Å². The summed E-state index contributed by atoms with van der Waals surface area (Å²) in [5.74, 6) is 1.06. The molecule has 1 aromatic heterocycles. The van der Waals surface area contributed by atoms with Crippen LogP contribution in [0, 0.1) is 6.92 Å². The first kappa shape index (κ1) is 17.0. The van der Waals surface area contributed by atoms with Crippen LogP contribution in [0.2, 0.25) is 5.02 Å². The first-order chi connectivity index (χ1) is 11.6. The molecule has 126 valence electrons. The van der Waals surface area contributed by atoms with Crippen molar-refractivity contribution in [1.82, 2.24) is 9.97 Å². The molecule has 0 saturated carbocycles. The fourth-order valence-electron chi connectivity index (χ4n) is 2.56. The molecule has 24 heavy (non-hydrogen) atoms. The van der Waals surface area contributed by atoms with Crippen LogP contribution in [0.15, 0.2) is 35.6 Å². The number of hydrogen-bond donors (Lipinski definition) is 1. The Morgan fingerprint density at radius 2 is 2.12 bits per heavy atom. The minimum Gasteiger partial charge on any atom is -0.356 e. The Labute approximate surface area is 150 Å². The first-order valence-electron chi connectivity index (χ1n) is 7.88. The van der Waals surface area contributed by atoms with Crippen LogP contribution in [-0.4, -0.2) is 34.7 Å². The zero-order chi connectivity index (χ0) is 16.9. The summed E-state index contributed by atoms with van der Waals surface area (Å²) in [6, 6.07) is 7.47. The Morgan fingerprint density at radius 1 is 1.33 bits per heavy atom. The average molecular weight is 363 g/mol. The van der Waals surface area contributed by atoms with Crippen LogP contribution in [0.5, 0.6) is 0 Å². The molecule has 0 bridgehead atoms. The van der Waals surface area contributed by atoms with Crippen molar-refractivity contribution in [2.24, 2.45) is 0 Å². The summed E-state index contributed by atoms with van der Waals surface area (Å²) in [5, 5.41) is 3.98. The molecule has 0 aliphatic carbocycles. The summed E-state index contributed by atoms with van der Waals surface area (Å²) >= 11 is 7.46. The Hall–Kier alpha value is -1.79. The van der Waals surface area contributed by atoms with Gasteiger partial charge in [-0.25, -0.2) is 9.97 Å². The van der Waals surface area contributed by atoms with Gasteiger partial charge in [-0.2, -0.15) is 0 Å². The summed E-state index contributed by atoms with van der Waals surface area (Å²) in [6.07, 6.45) is 4.15. The van der Waals surface area contributed by atoms with Gasteiger partial charge in [0.05, 0.1) is 16.5 Å². The van der Waals surface area contributed by atoms with Crippen molar-refractivity contribution in [3.8, 4) is 0 Å². The van der Waals surface area contributed by atoms with Gasteiger partial charge in [-0.05, 0) is 43.5 Å². The maximum atomic E-state index is 12.1. The van der Waals surface area contributed by atoms with E-state index >= 15 is 0 Å². The van der Waals surface area contributed by atoms with Gasteiger partial charge in [0.15, 0.2) is 5.16 Å². The van der Waals surface area contributed by atoms with Crippen LogP contribution >= 0.6 is 23.4 Å². The molecule has 1 fully saturated rings. The van der Waals surface area contributed by atoms with Crippen LogP contribution in [-0.2, 0) is 4.79 Å². The lowest BCUT2D eigenvalue weighted by molar-refractivity contribution is -0.113. The number of carbonyl (C=O) groups is 1. The number of carbonyl (C=O) groups excluding carboxylic acids is 1. The Balaban J connectivity index is 1.57. The molecule has 1 N–H and O–H groups in total. The summed E-state index contributed by atoms with van der Waals surface area (Å²) in [7, 11) is 0. The molecule has 3 rings (SSSR count). The summed E-state index contributed by atoms with van der Waals surface area (Å²) in [6.45, 7) is 4.03. The number of thioether (sulfide) groups is 1. The second-order valence-electron chi connectivity index (χ2n) is 5.71. The second-order valence-corrected chi connectivity index (χ2v) is 7.06. The van der Waals surface area contributed by atoms with E-state index in [4.69, 9.17) is 11.6 Å². The molecule has 0 unspecified atom stereocenters. The highest BCUT2D eigenvalue weighted by atomic mass is 35.5. The number of anilines is 2. The van der Waals surface area contributed by atoms with Gasteiger partial charge in [0, 0.05) is 19.3 Å². The van der Waals surface area contributed by atoms with Crippen molar-refractivity contribution >= 4 is 40.8 Å². The van der Waals surface area contributed by atoms with E-state index in [0.717, 1.165) is 24.5 Å². The maximum absolute atomic E-state index is 12.1. The Kier molecular flexibility index (Phi) is 5.58. The second kappa shape index (κ2) is 7.85. The highest BCUT2D eigenvalue weighted by molar-refractivity contribution is 7.99. The van der Waals surface area contributed by atoms with Gasteiger partial charge >= 0.3 is 0 Å². The number of amides is 1. The zero-order valence-electron chi connectivity index (χ0n) is 13.5. The molecule has 1 aromatic carbocycles. The number of aryl methyl sites for hydroxylation is 1. The van der Waals surface area contributed by atoms with Crippen molar-refractivity contribution in [3.63, 3.8) is 0 Å². The van der Waals surface area contributed by atoms with Crippen molar-refractivity contribution in [1.29, 1.82) is 0 Å². The number of aromatic nitrogens is 2. The Morgan fingerprint density at radius 3 is 2.88 bits per heavy atom. The van der Waals surface area contributed by atoms with Gasteiger partial charge in [-0.15, -0.1) is 0 Å². The Bertz CT molecular complexity index is 734. The van der Waals surface area contributed by atoms with Crippen LogP contribution in [0.4, 0.5) is 11.5 Å². The highest BCUT2D eigenvalue weighted by Crippen LogP contribution is 2.24. The molecule has 7 heteroatoms. The third-order valence-electron chi connectivity index (χ3n) is 3.78. The molecule has 1 saturated heterocycles. The molecule has 2 heterocycles. The predicted molar refractivity (Wildman–Crippen MR) is 99.0 cm³/mol. The molecule has 2 aromatic rings. The van der Waals surface area contributed by atoms with E-state index in [1.165, 1.54) is 24.6 Å². The summed E-state index contributed by atoms with van der Waals surface area (Å²) in [4.78, 5) is 23.1. The summed E-state index contributed by atoms with van der Waals surface area (Å²) < 4.78 is 0. The third-order valence-corrected chi connectivity index (χ3v) is 4.95. The van der Waals surface area contributed by atoms with Crippen LogP contribution < -0.4 is 10.2 Å². The molecule has 0 atom stereocenters. The third kappa shape index (κ3) is 4.39. The number of halogens is 1. The van der Waals surface area contributed by atoms with E-state index < -0.39 is 0 Å². The van der Waals surface area contributed by atoms with Gasteiger partial charge in [0.1, 0.15) is 5.82 Å². The van der Waals surface area contributed by atoms with E-state index in [-0.39, 0.29) is 11.7 Å². The monoisotopic (exact) mass is 362 g/mol. The van der Waals surface area contributed by atoms with Crippen molar-refractivity contribution < 1.29 is 4.79 Å². The minimum absolute atomic E-state index is 0.124. The van der Waals surface area contributed by atoms with Crippen LogP contribution in [0.1, 0.15) is 18.4 Å². The number of benzene rings is 1. The van der Waals surface area contributed by atoms with Gasteiger partial charge in [-0.3, -0.25) is 4.79 Å². The molecule has 1 aliphatic heterocycles. The first-order valence-corrected chi connectivity index (χ1v) is 9.25. The lowest BCUT2D eigenvalue weighted by Gasteiger charge is -2.16. The van der Waals surface area contributed by atoms with Gasteiger partial charge in [0.25, 0.3) is 0 Å². The fraction of sp³-hybridized carbons (Fsp3) is 0.353. The normalized spacial score (nSPS) is 14.0. The van der Waals surface area contributed by atoms with E-state index in [1.807, 2.05) is 31.2 Å². The highest BCUT2D eigenvalue weighted by Gasteiger charge is 2.14. The number of nitrogens with zero attached hydrogens (tertiary/aromatic N) is 3. The smallest absolute Gasteiger partial charge is 0.234 e. The van der Waals surface area contributed by atoms with Crippen molar-refractivity contribution in [2.45, 2.75) is 24.9 Å². The summed E-state index contributed by atoms with van der Waals surface area (Å²) in [5.41, 5.74) is 1.68. The lowest BCUT2D eigenvalue weighted by atomic mass is 10.2.